The fourth-order valence-electron chi connectivity index (χ4n) is 2.97. The molecule has 0 saturated carbocycles. The molecule has 0 saturated heterocycles. The van der Waals surface area contributed by atoms with Gasteiger partial charge >= 0.3 is 0 Å². The van der Waals surface area contributed by atoms with Crippen molar-refractivity contribution < 1.29 is 24.4 Å². The minimum absolute atomic E-state index is 0. The van der Waals surface area contributed by atoms with Crippen LogP contribution in [0.5, 0.6) is 0 Å². The van der Waals surface area contributed by atoms with Gasteiger partial charge in [-0.1, -0.05) is 60.7 Å². The van der Waals surface area contributed by atoms with Crippen molar-refractivity contribution in [1.29, 1.82) is 0 Å². The Morgan fingerprint density at radius 3 is 0.897 bits per heavy atom. The zero-order chi connectivity index (χ0) is 19.3. The van der Waals surface area contributed by atoms with Gasteiger partial charge in [-0.2, -0.15) is 0 Å². The smallest absolute Gasteiger partial charge is 0.0877 e. The second-order valence-corrected chi connectivity index (χ2v) is 8.39. The fraction of sp³-hybridized carbons (Fsp3) is 0.250. The van der Waals surface area contributed by atoms with E-state index in [0.29, 0.717) is 0 Å². The number of hydrogen-bond donors (Lipinski definition) is 1. The van der Waals surface area contributed by atoms with Gasteiger partial charge in [0.25, 0.3) is 0 Å². The van der Waals surface area contributed by atoms with Gasteiger partial charge in [-0.25, -0.2) is 0 Å². The molecule has 0 unspecified atom stereocenters. The minimum Gasteiger partial charge on any atom is -0.364 e. The first-order valence-corrected chi connectivity index (χ1v) is 10.3. The van der Waals surface area contributed by atoms with Crippen LogP contribution in [-0.4, -0.2) is 4.89 Å². The van der Waals surface area contributed by atoms with Crippen LogP contribution in [-0.2, 0) is 19.5 Å². The number of halogens is 2. The molecule has 0 spiro atoms. The van der Waals surface area contributed by atoms with E-state index in [2.05, 4.69) is 41.5 Å². The van der Waals surface area contributed by atoms with E-state index in [9.17, 15) is 4.89 Å². The van der Waals surface area contributed by atoms with E-state index in [1.54, 1.807) is 0 Å². The molecular weight excluding hydrogens is 690 g/mol. The first-order valence-electron chi connectivity index (χ1n) is 8.97. The summed E-state index contributed by atoms with van der Waals surface area (Å²) in [5.74, 6) is 0. The molecule has 1 nitrogen and oxygen atoms in total. The second kappa shape index (κ2) is 15.0. The van der Waals surface area contributed by atoms with Gasteiger partial charge in [-0.15, -0.1) is 48.0 Å². The molecule has 0 heterocycles. The normalized spacial score (nSPS) is 9.38. The maximum atomic E-state index is 10.1. The quantitative estimate of drug-likeness (QED) is 0.176. The van der Waals surface area contributed by atoms with Crippen molar-refractivity contribution in [2.45, 2.75) is 41.5 Å². The van der Waals surface area contributed by atoms with Crippen molar-refractivity contribution in [3.8, 4) is 0 Å². The van der Waals surface area contributed by atoms with Crippen LogP contribution in [0.2, 0.25) is 0 Å². The van der Waals surface area contributed by atoms with Crippen molar-refractivity contribution in [3.05, 3.63) is 94.0 Å². The molecule has 0 fully saturated rings. The summed E-state index contributed by atoms with van der Waals surface area (Å²) >= 11 is 0. The van der Waals surface area contributed by atoms with Crippen LogP contribution in [0.4, 0.5) is 0 Å². The van der Waals surface area contributed by atoms with Gasteiger partial charge in [0, 0.05) is 30.1 Å². The molecule has 5 heteroatoms. The Bertz CT molecular complexity index is 727. The van der Waals surface area contributed by atoms with Crippen molar-refractivity contribution in [1.82, 2.24) is 0 Å². The van der Waals surface area contributed by atoms with Crippen LogP contribution < -0.4 is 10.6 Å². The van der Waals surface area contributed by atoms with E-state index >= 15 is 0 Å². The Morgan fingerprint density at radius 1 is 0.483 bits per heavy atom. The minimum atomic E-state index is -1.17. The summed E-state index contributed by atoms with van der Waals surface area (Å²) in [4.78, 5) is 10.1. The standard InChI is InChI=1S/C12H11OP.C12H18.2HI.Ru/c13-14(11-7-3-1-4-8-11)12-9-5-2-6-10-12;1-7-8(2)10(4)12(6)11(5)9(7)3;;;/h1-10,13H;1-6H3;2*1H;. The van der Waals surface area contributed by atoms with Crippen molar-refractivity contribution in [3.63, 3.8) is 0 Å². The van der Waals surface area contributed by atoms with E-state index in [1.165, 1.54) is 33.4 Å². The Hall–Kier alpha value is 0.133. The van der Waals surface area contributed by atoms with Crippen LogP contribution in [0.15, 0.2) is 60.7 Å². The largest absolute Gasteiger partial charge is 0.364 e. The van der Waals surface area contributed by atoms with E-state index < -0.39 is 8.15 Å². The molecule has 0 radical (unpaired) electrons. The van der Waals surface area contributed by atoms with Crippen molar-refractivity contribution >= 4 is 66.7 Å². The Kier molecular flexibility index (Phi) is 16.2. The molecule has 29 heavy (non-hydrogen) atoms. The maximum Gasteiger partial charge on any atom is 0.0877 e. The summed E-state index contributed by atoms with van der Waals surface area (Å²) < 4.78 is 0. The molecular formula is C24H31I2OPRu. The summed E-state index contributed by atoms with van der Waals surface area (Å²) in [7, 11) is -1.17. The third-order valence-electron chi connectivity index (χ3n) is 5.38. The molecule has 0 bridgehead atoms. The summed E-state index contributed by atoms with van der Waals surface area (Å²) in [6.45, 7) is 13.3. The van der Waals surface area contributed by atoms with E-state index in [-0.39, 0.29) is 67.4 Å². The second-order valence-electron chi connectivity index (χ2n) is 6.73. The van der Waals surface area contributed by atoms with Crippen LogP contribution in [0.25, 0.3) is 0 Å². The van der Waals surface area contributed by atoms with E-state index in [0.717, 1.165) is 10.6 Å². The average Bonchev–Trinajstić information content (AvgIpc) is 2.70. The molecule has 160 valence electrons. The van der Waals surface area contributed by atoms with Gasteiger partial charge in [0.2, 0.25) is 0 Å². The molecule has 0 aliphatic rings. The van der Waals surface area contributed by atoms with E-state index in [4.69, 9.17) is 0 Å². The summed E-state index contributed by atoms with van der Waals surface area (Å²) in [6, 6.07) is 19.5. The topological polar surface area (TPSA) is 20.2 Å². The van der Waals surface area contributed by atoms with Gasteiger partial charge in [0.1, 0.15) is 0 Å². The van der Waals surface area contributed by atoms with Crippen LogP contribution in [0.3, 0.4) is 0 Å². The number of benzene rings is 3. The molecule has 0 aliphatic carbocycles. The molecule has 0 amide bonds. The molecule has 3 aromatic carbocycles. The predicted octanol–water partition coefficient (Wildman–Crippen LogP) is 6.80. The molecule has 3 aromatic rings. The molecule has 3 rings (SSSR count). The molecule has 0 atom stereocenters. The Morgan fingerprint density at radius 2 is 0.690 bits per heavy atom. The van der Waals surface area contributed by atoms with Crippen LogP contribution in [0.1, 0.15) is 33.4 Å². The monoisotopic (exact) mass is 722 g/mol. The summed E-state index contributed by atoms with van der Waals surface area (Å²) in [6.07, 6.45) is 0. The molecule has 1 N–H and O–H groups in total. The van der Waals surface area contributed by atoms with Crippen LogP contribution >= 0.6 is 56.1 Å². The summed E-state index contributed by atoms with van der Waals surface area (Å²) in [5, 5.41) is 1.99. The van der Waals surface area contributed by atoms with Crippen molar-refractivity contribution in [2.75, 3.05) is 0 Å². The van der Waals surface area contributed by atoms with Crippen molar-refractivity contribution in [2.24, 2.45) is 0 Å². The fourth-order valence-corrected chi connectivity index (χ4v) is 4.18. The Balaban J connectivity index is 0. The third kappa shape index (κ3) is 8.29. The van der Waals surface area contributed by atoms with Gasteiger partial charge < -0.3 is 4.89 Å². The van der Waals surface area contributed by atoms with Gasteiger partial charge in [-0.3, -0.25) is 0 Å². The van der Waals surface area contributed by atoms with E-state index in [1.807, 2.05) is 60.7 Å². The summed E-state index contributed by atoms with van der Waals surface area (Å²) in [5.41, 5.74) is 8.73. The zero-order valence-electron chi connectivity index (χ0n) is 17.8. The SMILES string of the molecule is Cc1c(C)c(C)c(C)c(C)c1C.I.I.OP(c1ccccc1)c1ccccc1.[Ru]. The first-order chi connectivity index (χ1) is 12.3. The molecule has 0 aliphatic heterocycles. The Labute approximate surface area is 224 Å². The average molecular weight is 721 g/mol. The predicted molar refractivity (Wildman–Crippen MR) is 147 cm³/mol. The molecule has 0 aromatic heterocycles. The maximum absolute atomic E-state index is 10.1. The third-order valence-corrected chi connectivity index (χ3v) is 6.95. The first kappa shape index (κ1) is 31.3. The van der Waals surface area contributed by atoms with Gasteiger partial charge in [-0.05, 0) is 74.9 Å². The van der Waals surface area contributed by atoms with Gasteiger partial charge in [0.05, 0.1) is 8.15 Å². The van der Waals surface area contributed by atoms with Crippen LogP contribution in [0, 0.1) is 41.5 Å². The number of hydrogen-bond acceptors (Lipinski definition) is 1. The zero-order valence-corrected chi connectivity index (χ0v) is 25.1. The van der Waals surface area contributed by atoms with Gasteiger partial charge in [0.15, 0.2) is 0 Å². The number of rotatable bonds is 2.